The first-order chi connectivity index (χ1) is 4.97. The van der Waals surface area contributed by atoms with Crippen LogP contribution in [-0.4, -0.2) is 11.6 Å². The van der Waals surface area contributed by atoms with Crippen LogP contribution >= 0.6 is 11.3 Å². The minimum atomic E-state index is 0.812. The zero-order chi connectivity index (χ0) is 6.81. The second-order valence-electron chi connectivity index (χ2n) is 2.08. The molecule has 0 atom stereocenters. The van der Waals surface area contributed by atoms with Crippen molar-refractivity contribution >= 4 is 17.1 Å². The lowest BCUT2D eigenvalue weighted by molar-refractivity contribution is 0.306. The summed E-state index contributed by atoms with van der Waals surface area (Å²) in [4.78, 5) is 4.12. The third kappa shape index (κ3) is 0.926. The van der Waals surface area contributed by atoms with E-state index in [0.717, 1.165) is 24.5 Å². The van der Waals surface area contributed by atoms with Crippen LogP contribution in [0.25, 0.3) is 5.76 Å². The largest absolute Gasteiger partial charge is 0.491 e. The van der Waals surface area contributed by atoms with E-state index in [4.69, 9.17) is 4.74 Å². The summed E-state index contributed by atoms with van der Waals surface area (Å²) in [5.74, 6) is 0.946. The minimum absolute atomic E-state index is 0.812. The van der Waals surface area contributed by atoms with Crippen LogP contribution in [0.1, 0.15) is 12.1 Å². The molecule has 0 saturated carbocycles. The molecule has 0 spiro atoms. The topological polar surface area (TPSA) is 22.1 Å². The fraction of sp³-hybridized carbons (Fsp3) is 0.286. The van der Waals surface area contributed by atoms with E-state index in [9.17, 15) is 0 Å². The molecule has 0 N–H and O–H groups in total. The van der Waals surface area contributed by atoms with Crippen molar-refractivity contribution in [3.63, 3.8) is 0 Å². The fourth-order valence-corrected chi connectivity index (χ4v) is 1.47. The van der Waals surface area contributed by atoms with Crippen molar-refractivity contribution in [3.8, 4) is 0 Å². The Morgan fingerprint density at radius 1 is 1.60 bits per heavy atom. The van der Waals surface area contributed by atoms with Gasteiger partial charge in [-0.05, 0) is 6.08 Å². The molecule has 0 bridgehead atoms. The molecule has 1 aliphatic rings. The smallest absolute Gasteiger partial charge is 0.141 e. The van der Waals surface area contributed by atoms with Gasteiger partial charge in [0, 0.05) is 11.8 Å². The monoisotopic (exact) mass is 153 g/mol. The predicted octanol–water partition coefficient (Wildman–Crippen LogP) is 1.90. The molecule has 2 heterocycles. The summed E-state index contributed by atoms with van der Waals surface area (Å²) < 4.78 is 5.30. The van der Waals surface area contributed by atoms with Gasteiger partial charge in [-0.3, -0.25) is 0 Å². The van der Waals surface area contributed by atoms with Crippen molar-refractivity contribution in [1.82, 2.24) is 4.98 Å². The Bertz CT molecular complexity index is 240. The Balaban J connectivity index is 2.28. The second kappa shape index (κ2) is 2.42. The average molecular weight is 153 g/mol. The Morgan fingerprint density at radius 3 is 3.20 bits per heavy atom. The van der Waals surface area contributed by atoms with E-state index >= 15 is 0 Å². The molecular weight excluding hydrogens is 146 g/mol. The van der Waals surface area contributed by atoms with E-state index in [1.54, 1.807) is 11.3 Å². The van der Waals surface area contributed by atoms with Crippen molar-refractivity contribution in [3.05, 3.63) is 22.7 Å². The van der Waals surface area contributed by atoms with Crippen molar-refractivity contribution in [2.24, 2.45) is 0 Å². The van der Waals surface area contributed by atoms with Gasteiger partial charge in [-0.15, -0.1) is 11.3 Å². The summed E-state index contributed by atoms with van der Waals surface area (Å²) in [6.45, 7) is 0.812. The Morgan fingerprint density at radius 2 is 2.60 bits per heavy atom. The molecule has 2 nitrogen and oxygen atoms in total. The molecule has 0 amide bonds. The highest BCUT2D eigenvalue weighted by Gasteiger charge is 2.08. The van der Waals surface area contributed by atoms with Gasteiger partial charge < -0.3 is 4.74 Å². The van der Waals surface area contributed by atoms with E-state index in [0.29, 0.717) is 0 Å². The maximum atomic E-state index is 5.30. The van der Waals surface area contributed by atoms with Crippen LogP contribution in [0.2, 0.25) is 0 Å². The molecule has 1 aliphatic heterocycles. The number of rotatable bonds is 1. The summed E-state index contributed by atoms with van der Waals surface area (Å²) >= 11 is 1.59. The second-order valence-corrected chi connectivity index (χ2v) is 2.80. The first-order valence-electron chi connectivity index (χ1n) is 3.18. The van der Waals surface area contributed by atoms with Crippen LogP contribution in [0.3, 0.4) is 0 Å². The standard InChI is InChI=1S/C7H7NOS/c1-2-7(9-3-1)6-4-10-5-8-6/h2,4-5H,1,3H2. The van der Waals surface area contributed by atoms with Gasteiger partial charge in [0.25, 0.3) is 0 Å². The normalized spacial score (nSPS) is 16.6. The van der Waals surface area contributed by atoms with E-state index in [-0.39, 0.29) is 0 Å². The van der Waals surface area contributed by atoms with Crippen LogP contribution in [0.5, 0.6) is 0 Å². The molecule has 1 aromatic heterocycles. The molecule has 52 valence electrons. The highest BCUT2D eigenvalue weighted by Crippen LogP contribution is 2.20. The molecular formula is C7H7NOS. The number of nitrogens with zero attached hydrogens (tertiary/aromatic N) is 1. The van der Waals surface area contributed by atoms with Gasteiger partial charge in [-0.2, -0.15) is 0 Å². The zero-order valence-electron chi connectivity index (χ0n) is 5.41. The predicted molar refractivity (Wildman–Crippen MR) is 40.7 cm³/mol. The van der Waals surface area contributed by atoms with E-state index in [1.165, 1.54) is 0 Å². The quantitative estimate of drug-likeness (QED) is 0.614. The molecule has 2 rings (SSSR count). The van der Waals surface area contributed by atoms with Crippen LogP contribution in [-0.2, 0) is 4.74 Å². The average Bonchev–Trinajstić information content (AvgIpc) is 2.59. The van der Waals surface area contributed by atoms with Gasteiger partial charge in [0.1, 0.15) is 11.5 Å². The van der Waals surface area contributed by atoms with Crippen molar-refractivity contribution in [1.29, 1.82) is 0 Å². The third-order valence-corrected chi connectivity index (χ3v) is 1.98. The summed E-state index contributed by atoms with van der Waals surface area (Å²) in [5, 5.41) is 2.00. The van der Waals surface area contributed by atoms with E-state index in [2.05, 4.69) is 11.1 Å². The highest BCUT2D eigenvalue weighted by atomic mass is 32.1. The summed E-state index contributed by atoms with van der Waals surface area (Å²) in [7, 11) is 0. The van der Waals surface area contributed by atoms with Gasteiger partial charge in [0.2, 0.25) is 0 Å². The molecule has 3 heteroatoms. The molecule has 0 radical (unpaired) electrons. The molecule has 0 saturated heterocycles. The molecule has 0 aliphatic carbocycles. The van der Waals surface area contributed by atoms with E-state index in [1.807, 2.05) is 10.9 Å². The molecule has 1 aromatic rings. The Hall–Kier alpha value is -0.830. The summed E-state index contributed by atoms with van der Waals surface area (Å²) in [6.07, 6.45) is 3.10. The Kier molecular flexibility index (Phi) is 1.43. The van der Waals surface area contributed by atoms with E-state index < -0.39 is 0 Å². The minimum Gasteiger partial charge on any atom is -0.491 e. The summed E-state index contributed by atoms with van der Waals surface area (Å²) in [5.41, 5.74) is 2.79. The lowest BCUT2D eigenvalue weighted by Gasteiger charge is -1.96. The Labute approximate surface area is 63.2 Å². The van der Waals surface area contributed by atoms with Gasteiger partial charge >= 0.3 is 0 Å². The van der Waals surface area contributed by atoms with Gasteiger partial charge in [0.15, 0.2) is 0 Å². The fourth-order valence-electron chi connectivity index (χ4n) is 0.931. The molecule has 0 fully saturated rings. The lowest BCUT2D eigenvalue weighted by Crippen LogP contribution is -1.84. The third-order valence-electron chi connectivity index (χ3n) is 1.39. The van der Waals surface area contributed by atoms with Crippen molar-refractivity contribution in [2.45, 2.75) is 6.42 Å². The van der Waals surface area contributed by atoms with Crippen LogP contribution in [0, 0.1) is 0 Å². The number of ether oxygens (including phenoxy) is 1. The number of aromatic nitrogens is 1. The maximum absolute atomic E-state index is 5.30. The van der Waals surface area contributed by atoms with Gasteiger partial charge in [-0.25, -0.2) is 4.98 Å². The van der Waals surface area contributed by atoms with Gasteiger partial charge in [-0.1, -0.05) is 0 Å². The summed E-state index contributed by atoms with van der Waals surface area (Å²) in [6, 6.07) is 0. The van der Waals surface area contributed by atoms with Crippen molar-refractivity contribution < 1.29 is 4.74 Å². The van der Waals surface area contributed by atoms with Crippen LogP contribution in [0.15, 0.2) is 17.0 Å². The number of thiazole rings is 1. The number of hydrogen-bond donors (Lipinski definition) is 0. The van der Waals surface area contributed by atoms with Crippen molar-refractivity contribution in [2.75, 3.05) is 6.61 Å². The van der Waals surface area contributed by atoms with Crippen LogP contribution < -0.4 is 0 Å². The lowest BCUT2D eigenvalue weighted by atomic mass is 10.3. The number of hydrogen-bond acceptors (Lipinski definition) is 3. The molecule has 10 heavy (non-hydrogen) atoms. The van der Waals surface area contributed by atoms with Crippen LogP contribution in [0.4, 0.5) is 0 Å². The molecule has 0 unspecified atom stereocenters. The SMILES string of the molecule is C1=C(c2cscn2)OCC1. The zero-order valence-corrected chi connectivity index (χ0v) is 6.23. The highest BCUT2D eigenvalue weighted by molar-refractivity contribution is 7.07. The van der Waals surface area contributed by atoms with Gasteiger partial charge in [0.05, 0.1) is 12.1 Å². The maximum Gasteiger partial charge on any atom is 0.141 e. The molecule has 0 aromatic carbocycles. The first kappa shape index (κ1) is 5.92. The first-order valence-corrected chi connectivity index (χ1v) is 4.12.